The van der Waals surface area contributed by atoms with Crippen LogP contribution in [0.4, 0.5) is 0 Å². The van der Waals surface area contributed by atoms with E-state index in [9.17, 15) is 14.7 Å². The lowest BCUT2D eigenvalue weighted by Gasteiger charge is -2.32. The predicted molar refractivity (Wildman–Crippen MR) is 78.2 cm³/mol. The standard InChI is InChI=1S/C16H20N2O3/c1-16(15(20)21)7-3-9-18(16)14(19)13-5-2-4-11-10-17-8-6-12(11)13/h2,4-5,17H,3,6-10H2,1H3,(H,20,21). The van der Waals surface area contributed by atoms with E-state index in [1.165, 1.54) is 4.90 Å². The Balaban J connectivity index is 1.98. The Kier molecular flexibility index (Phi) is 3.45. The summed E-state index contributed by atoms with van der Waals surface area (Å²) < 4.78 is 0. The number of carbonyl (C=O) groups is 2. The maximum atomic E-state index is 12.9. The Morgan fingerprint density at radius 1 is 1.38 bits per heavy atom. The van der Waals surface area contributed by atoms with Crippen LogP contribution in [0, 0.1) is 0 Å². The number of carboxylic acid groups (broad SMARTS) is 1. The van der Waals surface area contributed by atoms with E-state index in [1.807, 2.05) is 18.2 Å². The number of hydrogen-bond donors (Lipinski definition) is 2. The summed E-state index contributed by atoms with van der Waals surface area (Å²) in [6, 6.07) is 5.74. The van der Waals surface area contributed by atoms with Crippen LogP contribution < -0.4 is 5.32 Å². The first-order chi connectivity index (χ1) is 10.0. The number of carboxylic acids is 1. The highest BCUT2D eigenvalue weighted by molar-refractivity contribution is 5.99. The molecular formula is C16H20N2O3. The van der Waals surface area contributed by atoms with E-state index in [4.69, 9.17) is 0 Å². The zero-order valence-electron chi connectivity index (χ0n) is 12.2. The van der Waals surface area contributed by atoms with Crippen molar-refractivity contribution in [2.24, 2.45) is 0 Å². The number of benzene rings is 1. The normalized spacial score (nSPS) is 24.7. The molecule has 0 aromatic heterocycles. The molecule has 2 aliphatic rings. The molecule has 1 fully saturated rings. The fraction of sp³-hybridized carbons (Fsp3) is 0.500. The molecule has 5 nitrogen and oxygen atoms in total. The zero-order valence-corrected chi connectivity index (χ0v) is 12.2. The van der Waals surface area contributed by atoms with Gasteiger partial charge in [-0.05, 0) is 49.9 Å². The number of likely N-dealkylation sites (tertiary alicyclic amines) is 1. The summed E-state index contributed by atoms with van der Waals surface area (Å²) in [7, 11) is 0. The molecule has 1 aromatic rings. The van der Waals surface area contributed by atoms with E-state index in [1.54, 1.807) is 6.92 Å². The SMILES string of the molecule is CC1(C(=O)O)CCCN1C(=O)c1cccc2c1CCNC2. The fourth-order valence-corrected chi connectivity index (χ4v) is 3.39. The molecule has 1 saturated heterocycles. The van der Waals surface area contributed by atoms with Gasteiger partial charge in [0.25, 0.3) is 5.91 Å². The van der Waals surface area contributed by atoms with Crippen molar-refractivity contribution in [2.45, 2.75) is 38.3 Å². The first kappa shape index (κ1) is 14.1. The molecule has 1 amide bonds. The molecule has 0 spiro atoms. The smallest absolute Gasteiger partial charge is 0.329 e. The average Bonchev–Trinajstić information content (AvgIpc) is 2.89. The molecule has 5 heteroatoms. The minimum absolute atomic E-state index is 0.142. The van der Waals surface area contributed by atoms with Gasteiger partial charge in [0, 0.05) is 18.7 Å². The van der Waals surface area contributed by atoms with E-state index < -0.39 is 11.5 Å². The van der Waals surface area contributed by atoms with Crippen molar-refractivity contribution in [1.82, 2.24) is 10.2 Å². The molecule has 0 saturated carbocycles. The zero-order chi connectivity index (χ0) is 15.0. The van der Waals surface area contributed by atoms with Crippen LogP contribution in [0.25, 0.3) is 0 Å². The second-order valence-electron chi connectivity index (χ2n) is 6.01. The van der Waals surface area contributed by atoms with Gasteiger partial charge in [0.15, 0.2) is 0 Å². The number of aliphatic carboxylic acids is 1. The third-order valence-corrected chi connectivity index (χ3v) is 4.72. The topological polar surface area (TPSA) is 69.6 Å². The fourth-order valence-electron chi connectivity index (χ4n) is 3.39. The summed E-state index contributed by atoms with van der Waals surface area (Å²) in [5.41, 5.74) is 1.81. The molecule has 0 radical (unpaired) electrons. The van der Waals surface area contributed by atoms with Crippen molar-refractivity contribution >= 4 is 11.9 Å². The predicted octanol–water partition coefficient (Wildman–Crippen LogP) is 1.41. The van der Waals surface area contributed by atoms with Crippen molar-refractivity contribution in [3.63, 3.8) is 0 Å². The number of fused-ring (bicyclic) bond motifs is 1. The van der Waals surface area contributed by atoms with Crippen LogP contribution in [-0.2, 0) is 17.8 Å². The lowest BCUT2D eigenvalue weighted by atomic mass is 9.93. The number of nitrogens with one attached hydrogen (secondary N) is 1. The highest BCUT2D eigenvalue weighted by atomic mass is 16.4. The molecule has 2 heterocycles. The van der Waals surface area contributed by atoms with E-state index in [2.05, 4.69) is 5.32 Å². The third kappa shape index (κ3) is 2.21. The highest BCUT2D eigenvalue weighted by Crippen LogP contribution is 2.32. The molecule has 0 bridgehead atoms. The van der Waals surface area contributed by atoms with Crippen LogP contribution in [0.1, 0.15) is 41.3 Å². The number of nitrogens with zero attached hydrogens (tertiary/aromatic N) is 1. The maximum Gasteiger partial charge on any atom is 0.329 e. The molecule has 21 heavy (non-hydrogen) atoms. The van der Waals surface area contributed by atoms with Gasteiger partial charge in [-0.2, -0.15) is 0 Å². The van der Waals surface area contributed by atoms with Gasteiger partial charge < -0.3 is 15.3 Å². The van der Waals surface area contributed by atoms with Gasteiger partial charge in [-0.1, -0.05) is 12.1 Å². The van der Waals surface area contributed by atoms with Crippen molar-refractivity contribution in [2.75, 3.05) is 13.1 Å². The molecule has 0 aliphatic carbocycles. The van der Waals surface area contributed by atoms with Crippen molar-refractivity contribution in [1.29, 1.82) is 0 Å². The van der Waals surface area contributed by atoms with E-state index in [-0.39, 0.29) is 5.91 Å². The monoisotopic (exact) mass is 288 g/mol. The Labute approximate surface area is 123 Å². The van der Waals surface area contributed by atoms with Crippen LogP contribution in [0.2, 0.25) is 0 Å². The second-order valence-corrected chi connectivity index (χ2v) is 6.01. The van der Waals surface area contributed by atoms with Crippen LogP contribution in [0.15, 0.2) is 18.2 Å². The molecule has 1 aromatic carbocycles. The Morgan fingerprint density at radius 2 is 2.19 bits per heavy atom. The largest absolute Gasteiger partial charge is 0.480 e. The van der Waals surface area contributed by atoms with Gasteiger partial charge in [-0.15, -0.1) is 0 Å². The summed E-state index contributed by atoms with van der Waals surface area (Å²) in [5, 5.41) is 12.8. The molecule has 1 unspecified atom stereocenters. The lowest BCUT2D eigenvalue weighted by Crippen LogP contribution is -2.51. The quantitative estimate of drug-likeness (QED) is 0.863. The molecule has 1 atom stereocenters. The summed E-state index contributed by atoms with van der Waals surface area (Å²) in [5.74, 6) is -1.06. The van der Waals surface area contributed by atoms with Crippen LogP contribution in [0.5, 0.6) is 0 Å². The third-order valence-electron chi connectivity index (χ3n) is 4.72. The minimum Gasteiger partial charge on any atom is -0.480 e. The average molecular weight is 288 g/mol. The summed E-state index contributed by atoms with van der Waals surface area (Å²) in [6.07, 6.45) is 2.07. The number of hydrogen-bond acceptors (Lipinski definition) is 3. The van der Waals surface area contributed by atoms with Gasteiger partial charge in [0.1, 0.15) is 5.54 Å². The molecule has 112 valence electrons. The molecule has 2 N–H and O–H groups in total. The first-order valence-electron chi connectivity index (χ1n) is 7.41. The van der Waals surface area contributed by atoms with Crippen LogP contribution >= 0.6 is 0 Å². The van der Waals surface area contributed by atoms with Crippen LogP contribution in [0.3, 0.4) is 0 Å². The second kappa shape index (κ2) is 5.15. The Morgan fingerprint density at radius 3 is 2.95 bits per heavy atom. The van der Waals surface area contributed by atoms with Crippen molar-refractivity contribution in [3.05, 3.63) is 34.9 Å². The minimum atomic E-state index is -1.08. The van der Waals surface area contributed by atoms with Crippen molar-refractivity contribution < 1.29 is 14.7 Å². The maximum absolute atomic E-state index is 12.9. The number of carbonyl (C=O) groups excluding carboxylic acids is 1. The van der Waals surface area contributed by atoms with E-state index in [0.717, 1.165) is 37.1 Å². The van der Waals surface area contributed by atoms with E-state index >= 15 is 0 Å². The van der Waals surface area contributed by atoms with Crippen LogP contribution in [-0.4, -0.2) is 40.5 Å². The number of amides is 1. The lowest BCUT2D eigenvalue weighted by molar-refractivity contribution is -0.147. The van der Waals surface area contributed by atoms with Gasteiger partial charge >= 0.3 is 5.97 Å². The highest BCUT2D eigenvalue weighted by Gasteiger charge is 2.46. The Hall–Kier alpha value is -1.88. The van der Waals surface area contributed by atoms with Gasteiger partial charge in [0.2, 0.25) is 0 Å². The number of rotatable bonds is 2. The Bertz CT molecular complexity index is 599. The molecule has 3 rings (SSSR count). The summed E-state index contributed by atoms with van der Waals surface area (Å²) in [4.78, 5) is 26.0. The van der Waals surface area contributed by atoms with E-state index in [0.29, 0.717) is 18.5 Å². The summed E-state index contributed by atoms with van der Waals surface area (Å²) in [6.45, 7) is 3.79. The molecular weight excluding hydrogens is 268 g/mol. The van der Waals surface area contributed by atoms with Crippen molar-refractivity contribution in [3.8, 4) is 0 Å². The first-order valence-corrected chi connectivity index (χ1v) is 7.41. The van der Waals surface area contributed by atoms with Gasteiger partial charge in [-0.3, -0.25) is 4.79 Å². The van der Waals surface area contributed by atoms with Gasteiger partial charge in [-0.25, -0.2) is 4.79 Å². The molecule has 2 aliphatic heterocycles. The van der Waals surface area contributed by atoms with Gasteiger partial charge in [0.05, 0.1) is 0 Å². The summed E-state index contributed by atoms with van der Waals surface area (Å²) >= 11 is 0.